The van der Waals surface area contributed by atoms with E-state index in [1.807, 2.05) is 0 Å². The molecule has 3 heteroatoms. The maximum absolute atomic E-state index is 12.6. The van der Waals surface area contributed by atoms with E-state index < -0.39 is 0 Å². The van der Waals surface area contributed by atoms with Gasteiger partial charge >= 0.3 is 0 Å². The van der Waals surface area contributed by atoms with Gasteiger partial charge in [-0.1, -0.05) is 33.1 Å². The summed E-state index contributed by atoms with van der Waals surface area (Å²) < 4.78 is 0. The maximum Gasteiger partial charge on any atom is 0.226 e. The molecule has 116 valence electrons. The van der Waals surface area contributed by atoms with Gasteiger partial charge in [-0.15, -0.1) is 0 Å². The highest BCUT2D eigenvalue weighted by molar-refractivity contribution is 5.79. The lowest BCUT2D eigenvalue weighted by Gasteiger charge is -2.45. The van der Waals surface area contributed by atoms with Gasteiger partial charge in [-0.25, -0.2) is 0 Å². The molecule has 1 atom stereocenters. The Morgan fingerprint density at radius 2 is 1.70 bits per heavy atom. The molecule has 3 nitrogen and oxygen atoms in total. The van der Waals surface area contributed by atoms with Gasteiger partial charge in [0.05, 0.1) is 5.92 Å². The smallest absolute Gasteiger partial charge is 0.226 e. The average Bonchev–Trinajstić information content (AvgIpc) is 2.45. The molecular weight excluding hydrogens is 248 g/mol. The van der Waals surface area contributed by atoms with Crippen molar-refractivity contribution in [3.05, 3.63) is 0 Å². The number of nitrogens with two attached hydrogens (primary N) is 1. The lowest BCUT2D eigenvalue weighted by Crippen LogP contribution is -2.47. The average molecular weight is 280 g/mol. The SMILES string of the molecule is CC(C)CC(CN)C(=O)N1CCC2(CCCCC2)CC1. The van der Waals surface area contributed by atoms with Gasteiger partial charge in [-0.05, 0) is 43.4 Å². The van der Waals surface area contributed by atoms with Crippen LogP contribution in [0, 0.1) is 17.3 Å². The molecule has 0 aromatic heterocycles. The van der Waals surface area contributed by atoms with E-state index in [9.17, 15) is 4.79 Å². The monoisotopic (exact) mass is 280 g/mol. The van der Waals surface area contributed by atoms with Gasteiger partial charge in [0.2, 0.25) is 5.91 Å². The molecule has 2 fully saturated rings. The summed E-state index contributed by atoms with van der Waals surface area (Å²) in [6.45, 7) is 6.77. The topological polar surface area (TPSA) is 46.3 Å². The van der Waals surface area contributed by atoms with Crippen molar-refractivity contribution in [2.24, 2.45) is 23.0 Å². The quantitative estimate of drug-likeness (QED) is 0.859. The van der Waals surface area contributed by atoms with E-state index in [-0.39, 0.29) is 5.92 Å². The molecule has 1 saturated heterocycles. The Morgan fingerprint density at radius 1 is 1.10 bits per heavy atom. The minimum absolute atomic E-state index is 0.0374. The molecule has 1 unspecified atom stereocenters. The molecule has 2 N–H and O–H groups in total. The highest BCUT2D eigenvalue weighted by Crippen LogP contribution is 2.44. The molecule has 1 heterocycles. The van der Waals surface area contributed by atoms with Crippen molar-refractivity contribution in [3.8, 4) is 0 Å². The number of piperidine rings is 1. The molecule has 2 aliphatic rings. The number of rotatable bonds is 4. The van der Waals surface area contributed by atoms with Gasteiger partial charge in [0.1, 0.15) is 0 Å². The molecule has 0 bridgehead atoms. The fourth-order valence-corrected chi connectivity index (χ4v) is 4.13. The van der Waals surface area contributed by atoms with Gasteiger partial charge in [-0.2, -0.15) is 0 Å². The summed E-state index contributed by atoms with van der Waals surface area (Å²) >= 11 is 0. The van der Waals surface area contributed by atoms with E-state index in [0.29, 0.717) is 23.8 Å². The molecule has 1 aliphatic heterocycles. The van der Waals surface area contributed by atoms with E-state index in [2.05, 4.69) is 18.7 Å². The molecule has 1 spiro atoms. The van der Waals surface area contributed by atoms with Crippen LogP contribution in [0.1, 0.15) is 65.2 Å². The second kappa shape index (κ2) is 6.93. The lowest BCUT2D eigenvalue weighted by atomic mass is 9.68. The van der Waals surface area contributed by atoms with Crippen LogP contribution in [0.5, 0.6) is 0 Å². The fourth-order valence-electron chi connectivity index (χ4n) is 4.13. The van der Waals surface area contributed by atoms with Crippen molar-refractivity contribution in [1.29, 1.82) is 0 Å². The molecule has 1 saturated carbocycles. The Balaban J connectivity index is 1.87. The zero-order valence-electron chi connectivity index (χ0n) is 13.4. The van der Waals surface area contributed by atoms with Crippen LogP contribution in [0.3, 0.4) is 0 Å². The highest BCUT2D eigenvalue weighted by atomic mass is 16.2. The zero-order valence-corrected chi connectivity index (χ0v) is 13.4. The summed E-state index contributed by atoms with van der Waals surface area (Å²) in [4.78, 5) is 14.7. The predicted molar refractivity (Wildman–Crippen MR) is 83.3 cm³/mol. The van der Waals surface area contributed by atoms with Gasteiger partial charge < -0.3 is 10.6 Å². The van der Waals surface area contributed by atoms with Crippen LogP contribution < -0.4 is 5.73 Å². The molecular formula is C17H32N2O. The van der Waals surface area contributed by atoms with Crippen LogP contribution in [0.4, 0.5) is 0 Å². The van der Waals surface area contributed by atoms with Crippen LogP contribution in [0.15, 0.2) is 0 Å². The summed E-state index contributed by atoms with van der Waals surface area (Å²) in [7, 11) is 0. The van der Waals surface area contributed by atoms with E-state index in [0.717, 1.165) is 19.5 Å². The summed E-state index contributed by atoms with van der Waals surface area (Å²) in [5.74, 6) is 0.893. The third-order valence-corrected chi connectivity index (χ3v) is 5.44. The fraction of sp³-hybridized carbons (Fsp3) is 0.941. The van der Waals surface area contributed by atoms with Crippen LogP contribution in [-0.2, 0) is 4.79 Å². The third-order valence-electron chi connectivity index (χ3n) is 5.44. The predicted octanol–water partition coefficient (Wildman–Crippen LogP) is 3.18. The first-order valence-corrected chi connectivity index (χ1v) is 8.55. The Kier molecular flexibility index (Phi) is 5.48. The first-order valence-electron chi connectivity index (χ1n) is 8.55. The molecule has 0 radical (unpaired) electrons. The molecule has 2 rings (SSSR count). The van der Waals surface area contributed by atoms with Crippen molar-refractivity contribution in [2.45, 2.75) is 65.2 Å². The van der Waals surface area contributed by atoms with E-state index in [4.69, 9.17) is 5.73 Å². The van der Waals surface area contributed by atoms with Crippen LogP contribution in [-0.4, -0.2) is 30.4 Å². The normalized spacial score (nSPS) is 24.1. The van der Waals surface area contributed by atoms with Gasteiger partial charge in [0, 0.05) is 19.6 Å². The minimum Gasteiger partial charge on any atom is -0.342 e. The Bertz CT molecular complexity index is 311. The summed E-state index contributed by atoms with van der Waals surface area (Å²) in [5.41, 5.74) is 6.39. The van der Waals surface area contributed by atoms with Crippen molar-refractivity contribution in [2.75, 3.05) is 19.6 Å². The minimum atomic E-state index is 0.0374. The highest BCUT2D eigenvalue weighted by Gasteiger charge is 2.37. The number of hydrogen-bond donors (Lipinski definition) is 1. The summed E-state index contributed by atoms with van der Waals surface area (Å²) in [6, 6.07) is 0. The maximum atomic E-state index is 12.6. The second-order valence-corrected chi connectivity index (χ2v) is 7.45. The number of carbonyl (C=O) groups excluding carboxylic acids is 1. The van der Waals surface area contributed by atoms with Crippen LogP contribution >= 0.6 is 0 Å². The van der Waals surface area contributed by atoms with E-state index >= 15 is 0 Å². The van der Waals surface area contributed by atoms with E-state index in [1.54, 1.807) is 0 Å². The first kappa shape index (κ1) is 15.8. The van der Waals surface area contributed by atoms with Crippen molar-refractivity contribution in [1.82, 2.24) is 4.90 Å². The summed E-state index contributed by atoms with van der Waals surface area (Å²) in [5, 5.41) is 0. The van der Waals surface area contributed by atoms with Crippen molar-refractivity contribution < 1.29 is 4.79 Å². The number of carbonyl (C=O) groups is 1. The van der Waals surface area contributed by atoms with Gasteiger partial charge in [-0.3, -0.25) is 4.79 Å². The summed E-state index contributed by atoms with van der Waals surface area (Å²) in [6.07, 6.45) is 10.3. The largest absolute Gasteiger partial charge is 0.342 e. The Morgan fingerprint density at radius 3 is 2.20 bits per heavy atom. The van der Waals surface area contributed by atoms with Crippen LogP contribution in [0.25, 0.3) is 0 Å². The number of hydrogen-bond acceptors (Lipinski definition) is 2. The molecule has 0 aromatic carbocycles. The van der Waals surface area contributed by atoms with E-state index in [1.165, 1.54) is 44.9 Å². The second-order valence-electron chi connectivity index (χ2n) is 7.45. The van der Waals surface area contributed by atoms with Gasteiger partial charge in [0.25, 0.3) is 0 Å². The molecule has 1 amide bonds. The Labute approximate surface area is 124 Å². The number of nitrogens with zero attached hydrogens (tertiary/aromatic N) is 1. The Hall–Kier alpha value is -0.570. The molecule has 0 aromatic rings. The number of likely N-dealkylation sites (tertiary alicyclic amines) is 1. The standard InChI is InChI=1S/C17H32N2O/c1-14(2)12-15(13-18)16(20)19-10-8-17(9-11-19)6-4-3-5-7-17/h14-15H,3-13,18H2,1-2H3. The lowest BCUT2D eigenvalue weighted by molar-refractivity contribution is -0.138. The molecule has 20 heavy (non-hydrogen) atoms. The third kappa shape index (κ3) is 3.75. The molecule has 1 aliphatic carbocycles. The first-order chi connectivity index (χ1) is 9.56. The van der Waals surface area contributed by atoms with Crippen LogP contribution in [0.2, 0.25) is 0 Å². The van der Waals surface area contributed by atoms with Gasteiger partial charge in [0.15, 0.2) is 0 Å². The van der Waals surface area contributed by atoms with Crippen molar-refractivity contribution in [3.63, 3.8) is 0 Å². The number of amides is 1. The van der Waals surface area contributed by atoms with Crippen molar-refractivity contribution >= 4 is 5.91 Å². The zero-order chi connectivity index (χ0) is 14.6.